The molecule has 0 atom stereocenters. The molecule has 0 aromatic carbocycles. The number of aryl methyl sites for hydroxylation is 1. The van der Waals surface area contributed by atoms with Crippen molar-refractivity contribution in [2.75, 3.05) is 6.54 Å². The minimum Gasteiger partial charge on any atom is -0.370 e. The molecule has 1 fully saturated rings. The van der Waals surface area contributed by atoms with E-state index in [0.717, 1.165) is 13.0 Å². The molecule has 20 heavy (non-hydrogen) atoms. The van der Waals surface area contributed by atoms with Crippen molar-refractivity contribution in [3.63, 3.8) is 0 Å². The molecule has 0 amide bonds. The number of guanidine groups is 1. The molecule has 2 rings (SSSR count). The van der Waals surface area contributed by atoms with Gasteiger partial charge < -0.3 is 11.1 Å². The number of aromatic nitrogens is 2. The first kappa shape index (κ1) is 17.3. The molecule has 0 aliphatic heterocycles. The van der Waals surface area contributed by atoms with Crippen LogP contribution in [0.5, 0.6) is 0 Å². The number of rotatable bonds is 4. The van der Waals surface area contributed by atoms with Crippen LogP contribution in [0.1, 0.15) is 44.1 Å². The summed E-state index contributed by atoms with van der Waals surface area (Å²) in [6, 6.07) is 0.518. The van der Waals surface area contributed by atoms with E-state index in [1.54, 1.807) is 0 Å². The lowest BCUT2D eigenvalue weighted by Crippen LogP contribution is -2.40. The van der Waals surface area contributed by atoms with Gasteiger partial charge in [0.2, 0.25) is 0 Å². The number of halogens is 1. The molecule has 3 N–H and O–H groups in total. The predicted octanol–water partition coefficient (Wildman–Crippen LogP) is 2.21. The number of nitrogens with zero attached hydrogens (tertiary/aromatic N) is 3. The van der Waals surface area contributed by atoms with Crippen LogP contribution in [0.25, 0.3) is 0 Å². The van der Waals surface area contributed by atoms with E-state index >= 15 is 0 Å². The topological polar surface area (TPSA) is 68.2 Å². The highest BCUT2D eigenvalue weighted by atomic mass is 127. The summed E-state index contributed by atoms with van der Waals surface area (Å²) in [5.41, 5.74) is 7.15. The first-order chi connectivity index (χ1) is 9.24. The highest BCUT2D eigenvalue weighted by molar-refractivity contribution is 14.0. The van der Waals surface area contributed by atoms with Crippen LogP contribution in [0.4, 0.5) is 0 Å². The van der Waals surface area contributed by atoms with Crippen LogP contribution in [-0.4, -0.2) is 28.3 Å². The summed E-state index contributed by atoms with van der Waals surface area (Å²) >= 11 is 0. The largest absolute Gasteiger partial charge is 0.370 e. The third-order valence-electron chi connectivity index (χ3n) is 3.65. The van der Waals surface area contributed by atoms with Crippen molar-refractivity contribution in [2.45, 2.75) is 51.0 Å². The van der Waals surface area contributed by atoms with Crippen LogP contribution in [-0.2, 0) is 13.5 Å². The summed E-state index contributed by atoms with van der Waals surface area (Å²) in [4.78, 5) is 4.40. The quantitative estimate of drug-likeness (QED) is 0.358. The van der Waals surface area contributed by atoms with E-state index in [2.05, 4.69) is 15.4 Å². The second kappa shape index (κ2) is 9.20. The van der Waals surface area contributed by atoms with Gasteiger partial charge >= 0.3 is 0 Å². The Hall–Kier alpha value is -0.790. The fourth-order valence-electron chi connectivity index (χ4n) is 2.58. The van der Waals surface area contributed by atoms with Gasteiger partial charge in [-0.3, -0.25) is 9.67 Å². The highest BCUT2D eigenvalue weighted by Crippen LogP contribution is 2.16. The molecule has 6 heteroatoms. The van der Waals surface area contributed by atoms with Gasteiger partial charge in [-0.1, -0.05) is 25.7 Å². The Kier molecular flexibility index (Phi) is 7.94. The van der Waals surface area contributed by atoms with Crippen LogP contribution < -0.4 is 11.1 Å². The number of nitrogens with two attached hydrogens (primary N) is 1. The van der Waals surface area contributed by atoms with E-state index < -0.39 is 0 Å². The molecule has 114 valence electrons. The van der Waals surface area contributed by atoms with Crippen molar-refractivity contribution in [1.29, 1.82) is 0 Å². The minimum atomic E-state index is 0. The van der Waals surface area contributed by atoms with Crippen molar-refractivity contribution in [3.05, 3.63) is 18.0 Å². The second-order valence-corrected chi connectivity index (χ2v) is 5.37. The smallest absolute Gasteiger partial charge is 0.188 e. The summed E-state index contributed by atoms with van der Waals surface area (Å²) in [6.07, 6.45) is 12.6. The van der Waals surface area contributed by atoms with E-state index in [1.807, 2.05) is 24.1 Å². The molecule has 1 aliphatic rings. The molecule has 1 saturated carbocycles. The zero-order chi connectivity index (χ0) is 13.5. The predicted molar refractivity (Wildman–Crippen MR) is 93.4 cm³/mol. The van der Waals surface area contributed by atoms with E-state index in [9.17, 15) is 0 Å². The van der Waals surface area contributed by atoms with Crippen LogP contribution in [0.2, 0.25) is 0 Å². The second-order valence-electron chi connectivity index (χ2n) is 5.37. The molecule has 5 nitrogen and oxygen atoms in total. The van der Waals surface area contributed by atoms with Gasteiger partial charge in [0.25, 0.3) is 0 Å². The number of hydrogen-bond acceptors (Lipinski definition) is 2. The lowest BCUT2D eigenvalue weighted by molar-refractivity contribution is 0.530. The SMILES string of the molecule is Cn1cc(CCN=C(N)NC2CCCCCC2)cn1.I. The van der Waals surface area contributed by atoms with E-state index in [4.69, 9.17) is 5.73 Å². The Morgan fingerprint density at radius 3 is 2.70 bits per heavy atom. The van der Waals surface area contributed by atoms with Gasteiger partial charge in [0, 0.05) is 25.8 Å². The normalized spacial score (nSPS) is 17.4. The standard InChI is InChI=1S/C14H25N5.HI/c1-19-11-12(10-17-19)8-9-16-14(15)18-13-6-4-2-3-5-7-13;/h10-11,13H,2-9H2,1H3,(H3,15,16,18);1H. The Balaban J connectivity index is 0.00000200. The van der Waals surface area contributed by atoms with Crippen molar-refractivity contribution < 1.29 is 0 Å². The molecule has 1 aliphatic carbocycles. The van der Waals surface area contributed by atoms with Crippen molar-refractivity contribution in [2.24, 2.45) is 17.8 Å². The maximum absolute atomic E-state index is 5.94. The summed E-state index contributed by atoms with van der Waals surface area (Å²) < 4.78 is 1.81. The maximum atomic E-state index is 5.94. The molecular formula is C14H26IN5. The molecule has 1 aromatic heterocycles. The molecule has 0 radical (unpaired) electrons. The molecule has 0 bridgehead atoms. The van der Waals surface area contributed by atoms with Gasteiger partial charge in [-0.15, -0.1) is 24.0 Å². The average molecular weight is 391 g/mol. The molecular weight excluding hydrogens is 365 g/mol. The lowest BCUT2D eigenvalue weighted by Gasteiger charge is -2.16. The molecule has 1 heterocycles. The van der Waals surface area contributed by atoms with Crippen LogP contribution >= 0.6 is 24.0 Å². The van der Waals surface area contributed by atoms with Gasteiger partial charge in [-0.05, 0) is 24.8 Å². The van der Waals surface area contributed by atoms with Crippen LogP contribution in [0, 0.1) is 0 Å². The van der Waals surface area contributed by atoms with Crippen molar-refractivity contribution in [1.82, 2.24) is 15.1 Å². The zero-order valence-corrected chi connectivity index (χ0v) is 14.5. The van der Waals surface area contributed by atoms with Gasteiger partial charge in [0.15, 0.2) is 5.96 Å². The average Bonchev–Trinajstić information content (AvgIpc) is 2.63. The maximum Gasteiger partial charge on any atom is 0.188 e. The third-order valence-corrected chi connectivity index (χ3v) is 3.65. The van der Waals surface area contributed by atoms with E-state index in [-0.39, 0.29) is 24.0 Å². The molecule has 0 unspecified atom stereocenters. The zero-order valence-electron chi connectivity index (χ0n) is 12.2. The summed E-state index contributed by atoms with van der Waals surface area (Å²) in [5, 5.41) is 7.50. The van der Waals surface area contributed by atoms with Gasteiger partial charge in [-0.2, -0.15) is 5.10 Å². The van der Waals surface area contributed by atoms with Crippen LogP contribution in [0.3, 0.4) is 0 Å². The summed E-state index contributed by atoms with van der Waals surface area (Å²) in [7, 11) is 1.93. The molecule has 1 aromatic rings. The Bertz CT molecular complexity index is 407. The first-order valence-electron chi connectivity index (χ1n) is 7.28. The summed E-state index contributed by atoms with van der Waals surface area (Å²) in [5.74, 6) is 0.593. The summed E-state index contributed by atoms with van der Waals surface area (Å²) in [6.45, 7) is 0.719. The monoisotopic (exact) mass is 391 g/mol. The van der Waals surface area contributed by atoms with Crippen LogP contribution in [0.15, 0.2) is 17.4 Å². The number of aliphatic imine (C=N–C) groups is 1. The third kappa shape index (κ3) is 6.11. The Morgan fingerprint density at radius 1 is 1.40 bits per heavy atom. The number of hydrogen-bond donors (Lipinski definition) is 2. The molecule has 0 saturated heterocycles. The fraction of sp³-hybridized carbons (Fsp3) is 0.714. The van der Waals surface area contributed by atoms with Gasteiger partial charge in [0.1, 0.15) is 0 Å². The minimum absolute atomic E-state index is 0. The fourth-order valence-corrected chi connectivity index (χ4v) is 2.58. The number of nitrogens with one attached hydrogen (secondary N) is 1. The molecule has 0 spiro atoms. The highest BCUT2D eigenvalue weighted by Gasteiger charge is 2.12. The van der Waals surface area contributed by atoms with Crippen molar-refractivity contribution in [3.8, 4) is 0 Å². The first-order valence-corrected chi connectivity index (χ1v) is 7.28. The van der Waals surface area contributed by atoms with Gasteiger partial charge in [0.05, 0.1) is 6.20 Å². The Morgan fingerprint density at radius 2 is 2.10 bits per heavy atom. The van der Waals surface area contributed by atoms with E-state index in [0.29, 0.717) is 12.0 Å². The van der Waals surface area contributed by atoms with Gasteiger partial charge in [-0.25, -0.2) is 0 Å². The lowest BCUT2D eigenvalue weighted by atomic mass is 10.1. The Labute approximate surface area is 138 Å². The van der Waals surface area contributed by atoms with Crippen molar-refractivity contribution >= 4 is 29.9 Å². The van der Waals surface area contributed by atoms with E-state index in [1.165, 1.54) is 44.1 Å².